The smallest absolute Gasteiger partial charge is 0.0603 e. The predicted octanol–water partition coefficient (Wildman–Crippen LogP) is 3.06. The highest BCUT2D eigenvalue weighted by atomic mass is 16.3. The number of aryl methyl sites for hydroxylation is 1. The van der Waals surface area contributed by atoms with Gasteiger partial charge in [0.15, 0.2) is 0 Å². The van der Waals surface area contributed by atoms with Crippen LogP contribution in [0.5, 0.6) is 0 Å². The highest BCUT2D eigenvalue weighted by Gasteiger charge is 2.12. The van der Waals surface area contributed by atoms with Gasteiger partial charge >= 0.3 is 0 Å². The van der Waals surface area contributed by atoms with E-state index in [1.54, 1.807) is 0 Å². The molecule has 17 heavy (non-hydrogen) atoms. The van der Waals surface area contributed by atoms with Gasteiger partial charge in [-0.05, 0) is 51.3 Å². The van der Waals surface area contributed by atoms with E-state index in [9.17, 15) is 5.11 Å². The van der Waals surface area contributed by atoms with Gasteiger partial charge in [0.2, 0.25) is 0 Å². The van der Waals surface area contributed by atoms with Crippen LogP contribution in [0.3, 0.4) is 0 Å². The van der Waals surface area contributed by atoms with Crippen LogP contribution in [0.25, 0.3) is 0 Å². The molecule has 2 heteroatoms. The van der Waals surface area contributed by atoms with Crippen LogP contribution >= 0.6 is 0 Å². The summed E-state index contributed by atoms with van der Waals surface area (Å²) in [5.74, 6) is 0. The van der Waals surface area contributed by atoms with Crippen LogP contribution in [0.15, 0.2) is 24.3 Å². The Morgan fingerprint density at radius 3 is 2.29 bits per heavy atom. The number of rotatable bonds is 6. The Labute approximate surface area is 105 Å². The molecule has 0 heterocycles. The van der Waals surface area contributed by atoms with E-state index in [1.165, 1.54) is 11.1 Å². The van der Waals surface area contributed by atoms with E-state index in [0.29, 0.717) is 6.04 Å². The molecule has 1 aromatic rings. The molecule has 0 aliphatic carbocycles. The van der Waals surface area contributed by atoms with Crippen molar-refractivity contribution < 1.29 is 5.11 Å². The molecule has 1 unspecified atom stereocenters. The molecule has 0 aliphatic heterocycles. The summed E-state index contributed by atoms with van der Waals surface area (Å²) in [6.07, 6.45) is 1.85. The van der Waals surface area contributed by atoms with E-state index in [1.807, 2.05) is 13.8 Å². The van der Waals surface area contributed by atoms with Gasteiger partial charge in [-0.1, -0.05) is 31.2 Å². The standard InChI is InChI=1S/C15H25NO/c1-5-13-6-8-14(9-7-13)12(2)16-11-10-15(3,4)17/h6-9,12,16-17H,5,10-11H2,1-4H3. The maximum atomic E-state index is 9.63. The number of hydrogen-bond acceptors (Lipinski definition) is 2. The van der Waals surface area contributed by atoms with Crippen LogP contribution in [-0.4, -0.2) is 17.3 Å². The largest absolute Gasteiger partial charge is 0.390 e. The molecule has 0 saturated heterocycles. The summed E-state index contributed by atoms with van der Waals surface area (Å²) in [4.78, 5) is 0. The third kappa shape index (κ3) is 5.33. The summed E-state index contributed by atoms with van der Waals surface area (Å²) >= 11 is 0. The normalized spacial score (nSPS) is 13.7. The van der Waals surface area contributed by atoms with Gasteiger partial charge in [0.05, 0.1) is 5.60 Å². The molecule has 0 spiro atoms. The Morgan fingerprint density at radius 2 is 1.82 bits per heavy atom. The van der Waals surface area contributed by atoms with Crippen molar-refractivity contribution in [1.82, 2.24) is 5.32 Å². The molecular formula is C15H25NO. The number of nitrogens with one attached hydrogen (secondary N) is 1. The lowest BCUT2D eigenvalue weighted by atomic mass is 10.0. The molecule has 0 radical (unpaired) electrons. The zero-order chi connectivity index (χ0) is 12.9. The van der Waals surface area contributed by atoms with Gasteiger partial charge in [0, 0.05) is 6.04 Å². The molecule has 0 fully saturated rings. The SMILES string of the molecule is CCc1ccc(C(C)NCCC(C)(C)O)cc1. The highest BCUT2D eigenvalue weighted by molar-refractivity contribution is 5.24. The second-order valence-electron chi connectivity index (χ2n) is 5.33. The van der Waals surface area contributed by atoms with Gasteiger partial charge in [-0.25, -0.2) is 0 Å². The van der Waals surface area contributed by atoms with E-state index in [4.69, 9.17) is 0 Å². The van der Waals surface area contributed by atoms with Crippen molar-refractivity contribution in [3.63, 3.8) is 0 Å². The third-order valence-electron chi connectivity index (χ3n) is 3.08. The molecule has 1 atom stereocenters. The first-order valence-electron chi connectivity index (χ1n) is 6.47. The average molecular weight is 235 g/mol. The van der Waals surface area contributed by atoms with E-state index in [2.05, 4.69) is 43.4 Å². The van der Waals surface area contributed by atoms with Crippen molar-refractivity contribution in [2.45, 2.75) is 52.2 Å². The van der Waals surface area contributed by atoms with Crippen molar-refractivity contribution in [2.75, 3.05) is 6.54 Å². The zero-order valence-corrected chi connectivity index (χ0v) is 11.5. The molecule has 0 saturated carbocycles. The fourth-order valence-corrected chi connectivity index (χ4v) is 1.75. The Bertz CT molecular complexity index is 324. The Kier molecular flexibility index (Phi) is 5.16. The summed E-state index contributed by atoms with van der Waals surface area (Å²) in [5, 5.41) is 13.1. The average Bonchev–Trinajstić information content (AvgIpc) is 2.27. The zero-order valence-electron chi connectivity index (χ0n) is 11.5. The van der Waals surface area contributed by atoms with Crippen molar-refractivity contribution in [2.24, 2.45) is 0 Å². The Balaban J connectivity index is 2.43. The monoisotopic (exact) mass is 235 g/mol. The number of aliphatic hydroxyl groups is 1. The van der Waals surface area contributed by atoms with Gasteiger partial charge in [-0.15, -0.1) is 0 Å². The summed E-state index contributed by atoms with van der Waals surface area (Å²) in [5.41, 5.74) is 2.09. The first-order valence-corrected chi connectivity index (χ1v) is 6.47. The first kappa shape index (κ1) is 14.2. The quantitative estimate of drug-likeness (QED) is 0.794. The maximum absolute atomic E-state index is 9.63. The summed E-state index contributed by atoms with van der Waals surface area (Å²) in [7, 11) is 0. The van der Waals surface area contributed by atoms with E-state index in [-0.39, 0.29) is 0 Å². The molecule has 1 aromatic carbocycles. The molecule has 0 amide bonds. The van der Waals surface area contributed by atoms with Gasteiger partial charge in [0.1, 0.15) is 0 Å². The van der Waals surface area contributed by atoms with Crippen molar-refractivity contribution in [3.8, 4) is 0 Å². The summed E-state index contributed by atoms with van der Waals surface area (Å²) in [6.45, 7) is 8.84. The molecule has 2 nitrogen and oxygen atoms in total. The van der Waals surface area contributed by atoms with Crippen LogP contribution < -0.4 is 5.32 Å². The van der Waals surface area contributed by atoms with Crippen LogP contribution in [-0.2, 0) is 6.42 Å². The number of benzene rings is 1. The lowest BCUT2D eigenvalue weighted by Crippen LogP contribution is -2.28. The number of hydrogen-bond donors (Lipinski definition) is 2. The van der Waals surface area contributed by atoms with Crippen LogP contribution in [0.2, 0.25) is 0 Å². The van der Waals surface area contributed by atoms with E-state index in [0.717, 1.165) is 19.4 Å². The van der Waals surface area contributed by atoms with Gasteiger partial charge < -0.3 is 10.4 Å². The molecular weight excluding hydrogens is 210 g/mol. The summed E-state index contributed by atoms with van der Waals surface area (Å²) in [6, 6.07) is 9.07. The fraction of sp³-hybridized carbons (Fsp3) is 0.600. The maximum Gasteiger partial charge on any atom is 0.0603 e. The molecule has 0 aromatic heterocycles. The first-order chi connectivity index (χ1) is 7.92. The minimum absolute atomic E-state index is 0.336. The molecule has 0 bridgehead atoms. The molecule has 0 aliphatic rings. The molecule has 96 valence electrons. The van der Waals surface area contributed by atoms with Crippen LogP contribution in [0.4, 0.5) is 0 Å². The Hall–Kier alpha value is -0.860. The molecule has 1 rings (SSSR count). The van der Waals surface area contributed by atoms with Gasteiger partial charge in [0.25, 0.3) is 0 Å². The molecule has 2 N–H and O–H groups in total. The van der Waals surface area contributed by atoms with Crippen molar-refractivity contribution in [3.05, 3.63) is 35.4 Å². The van der Waals surface area contributed by atoms with E-state index >= 15 is 0 Å². The van der Waals surface area contributed by atoms with Crippen molar-refractivity contribution in [1.29, 1.82) is 0 Å². The van der Waals surface area contributed by atoms with Gasteiger partial charge in [-0.3, -0.25) is 0 Å². The fourth-order valence-electron chi connectivity index (χ4n) is 1.75. The predicted molar refractivity (Wildman–Crippen MR) is 73.2 cm³/mol. The lowest BCUT2D eigenvalue weighted by molar-refractivity contribution is 0.0705. The van der Waals surface area contributed by atoms with Gasteiger partial charge in [-0.2, -0.15) is 0 Å². The van der Waals surface area contributed by atoms with E-state index < -0.39 is 5.60 Å². The van der Waals surface area contributed by atoms with Crippen LogP contribution in [0, 0.1) is 0 Å². The van der Waals surface area contributed by atoms with Crippen LogP contribution in [0.1, 0.15) is 51.3 Å². The second-order valence-corrected chi connectivity index (χ2v) is 5.33. The topological polar surface area (TPSA) is 32.3 Å². The Morgan fingerprint density at radius 1 is 1.24 bits per heavy atom. The second kappa shape index (κ2) is 6.18. The highest BCUT2D eigenvalue weighted by Crippen LogP contribution is 2.14. The minimum atomic E-state index is -0.585. The van der Waals surface area contributed by atoms with Crippen molar-refractivity contribution >= 4 is 0 Å². The lowest BCUT2D eigenvalue weighted by Gasteiger charge is -2.20. The third-order valence-corrected chi connectivity index (χ3v) is 3.08. The minimum Gasteiger partial charge on any atom is -0.390 e. The summed E-state index contributed by atoms with van der Waals surface area (Å²) < 4.78 is 0.